The molecule has 1 aliphatic carbocycles. The molecule has 3 atom stereocenters. The maximum Gasteiger partial charge on any atom is 0.325 e. The SMILES string of the molecule is C[C@@H](NC(=O)[C@@H]1CC[C@@H](O)C1)C(=O)O. The van der Waals surface area contributed by atoms with Crippen LogP contribution in [0, 0.1) is 5.92 Å². The summed E-state index contributed by atoms with van der Waals surface area (Å²) in [5, 5.41) is 20.1. The third-order valence-electron chi connectivity index (χ3n) is 2.50. The molecular formula is C9H15NO4. The van der Waals surface area contributed by atoms with Crippen molar-refractivity contribution in [2.45, 2.75) is 38.3 Å². The molecule has 3 N–H and O–H groups in total. The molecule has 0 aromatic rings. The molecule has 1 fully saturated rings. The Morgan fingerprint density at radius 1 is 1.43 bits per heavy atom. The first-order valence-electron chi connectivity index (χ1n) is 4.72. The lowest BCUT2D eigenvalue weighted by Gasteiger charge is -2.13. The van der Waals surface area contributed by atoms with Gasteiger partial charge in [0.1, 0.15) is 6.04 Å². The van der Waals surface area contributed by atoms with E-state index in [4.69, 9.17) is 5.11 Å². The highest BCUT2D eigenvalue weighted by Gasteiger charge is 2.29. The Balaban J connectivity index is 2.39. The molecule has 80 valence electrons. The van der Waals surface area contributed by atoms with Crippen LogP contribution in [0.25, 0.3) is 0 Å². The first-order chi connectivity index (χ1) is 6.50. The summed E-state index contributed by atoms with van der Waals surface area (Å²) in [6.07, 6.45) is 1.29. The minimum atomic E-state index is -1.04. The summed E-state index contributed by atoms with van der Waals surface area (Å²) in [6.45, 7) is 1.42. The highest BCUT2D eigenvalue weighted by molar-refractivity contribution is 5.84. The lowest BCUT2D eigenvalue weighted by molar-refractivity contribution is -0.141. The van der Waals surface area contributed by atoms with Crippen molar-refractivity contribution < 1.29 is 19.8 Å². The van der Waals surface area contributed by atoms with Gasteiger partial charge in [-0.05, 0) is 26.2 Å². The molecule has 1 saturated carbocycles. The fourth-order valence-corrected chi connectivity index (χ4v) is 1.59. The number of aliphatic carboxylic acids is 1. The van der Waals surface area contributed by atoms with Crippen molar-refractivity contribution in [2.24, 2.45) is 5.92 Å². The Kier molecular flexibility index (Phi) is 3.46. The van der Waals surface area contributed by atoms with E-state index in [0.29, 0.717) is 19.3 Å². The first-order valence-corrected chi connectivity index (χ1v) is 4.72. The van der Waals surface area contributed by atoms with Gasteiger partial charge in [-0.15, -0.1) is 0 Å². The van der Waals surface area contributed by atoms with Crippen molar-refractivity contribution in [1.29, 1.82) is 0 Å². The van der Waals surface area contributed by atoms with E-state index < -0.39 is 18.1 Å². The van der Waals surface area contributed by atoms with Gasteiger partial charge >= 0.3 is 5.97 Å². The van der Waals surface area contributed by atoms with Gasteiger partial charge < -0.3 is 15.5 Å². The topological polar surface area (TPSA) is 86.6 Å². The van der Waals surface area contributed by atoms with E-state index in [0.717, 1.165) is 0 Å². The zero-order valence-electron chi connectivity index (χ0n) is 8.06. The van der Waals surface area contributed by atoms with Crippen LogP contribution in [0.1, 0.15) is 26.2 Å². The Morgan fingerprint density at radius 2 is 2.07 bits per heavy atom. The second-order valence-corrected chi connectivity index (χ2v) is 3.73. The number of aliphatic hydroxyl groups is 1. The third kappa shape index (κ3) is 2.70. The summed E-state index contributed by atoms with van der Waals surface area (Å²) in [4.78, 5) is 21.9. The Hall–Kier alpha value is -1.10. The maximum absolute atomic E-state index is 11.4. The molecule has 1 amide bonds. The van der Waals surface area contributed by atoms with Crippen molar-refractivity contribution in [3.8, 4) is 0 Å². The lowest BCUT2D eigenvalue weighted by Crippen LogP contribution is -2.41. The fraction of sp³-hybridized carbons (Fsp3) is 0.778. The number of nitrogens with one attached hydrogen (secondary N) is 1. The van der Waals surface area contributed by atoms with E-state index in [1.807, 2.05) is 0 Å². The van der Waals surface area contributed by atoms with Gasteiger partial charge in [-0.1, -0.05) is 0 Å². The molecule has 14 heavy (non-hydrogen) atoms. The van der Waals surface area contributed by atoms with Gasteiger partial charge in [0.2, 0.25) is 5.91 Å². The smallest absolute Gasteiger partial charge is 0.325 e. The van der Waals surface area contributed by atoms with E-state index >= 15 is 0 Å². The molecule has 0 aliphatic heterocycles. The van der Waals surface area contributed by atoms with E-state index in [9.17, 15) is 14.7 Å². The Labute approximate surface area is 82.1 Å². The van der Waals surface area contributed by atoms with Crippen molar-refractivity contribution in [2.75, 3.05) is 0 Å². The average Bonchev–Trinajstić information content (AvgIpc) is 2.51. The van der Waals surface area contributed by atoms with Crippen molar-refractivity contribution in [1.82, 2.24) is 5.32 Å². The molecular weight excluding hydrogens is 186 g/mol. The summed E-state index contributed by atoms with van der Waals surface area (Å²) in [7, 11) is 0. The predicted molar refractivity (Wildman–Crippen MR) is 48.6 cm³/mol. The second kappa shape index (κ2) is 4.41. The van der Waals surface area contributed by atoms with Crippen LogP contribution in [0.5, 0.6) is 0 Å². The molecule has 0 aromatic carbocycles. The predicted octanol–water partition coefficient (Wildman–Crippen LogP) is -0.263. The van der Waals surface area contributed by atoms with Gasteiger partial charge in [-0.25, -0.2) is 0 Å². The highest BCUT2D eigenvalue weighted by atomic mass is 16.4. The molecule has 1 rings (SSSR count). The Morgan fingerprint density at radius 3 is 2.50 bits per heavy atom. The number of hydrogen-bond donors (Lipinski definition) is 3. The largest absolute Gasteiger partial charge is 0.480 e. The summed E-state index contributed by atoms with van der Waals surface area (Å²) in [6, 6.07) is -0.861. The van der Waals surface area contributed by atoms with Gasteiger partial charge in [-0.3, -0.25) is 9.59 Å². The number of rotatable bonds is 3. The lowest BCUT2D eigenvalue weighted by atomic mass is 10.1. The van der Waals surface area contributed by atoms with Crippen LogP contribution in [0.3, 0.4) is 0 Å². The maximum atomic E-state index is 11.4. The first kappa shape index (κ1) is 11.0. The van der Waals surface area contributed by atoms with Gasteiger partial charge in [0, 0.05) is 5.92 Å². The van der Waals surface area contributed by atoms with Gasteiger partial charge in [-0.2, -0.15) is 0 Å². The molecule has 5 nitrogen and oxygen atoms in total. The summed E-state index contributed by atoms with van der Waals surface area (Å²) < 4.78 is 0. The molecule has 1 aliphatic rings. The van der Waals surface area contributed by atoms with Crippen molar-refractivity contribution in [3.63, 3.8) is 0 Å². The van der Waals surface area contributed by atoms with Crippen molar-refractivity contribution in [3.05, 3.63) is 0 Å². The van der Waals surface area contributed by atoms with E-state index in [-0.39, 0.29) is 11.8 Å². The molecule has 0 saturated heterocycles. The van der Waals surface area contributed by atoms with Crippen LogP contribution in [-0.4, -0.2) is 34.2 Å². The number of amides is 1. The minimum absolute atomic E-state index is 0.230. The molecule has 5 heteroatoms. The standard InChI is InChI=1S/C9H15NO4/c1-5(9(13)14)10-8(12)6-2-3-7(11)4-6/h5-7,11H,2-4H2,1H3,(H,10,12)(H,13,14)/t5-,6-,7-/m1/s1. The normalized spacial score (nSPS) is 28.4. The second-order valence-electron chi connectivity index (χ2n) is 3.73. The van der Waals surface area contributed by atoms with Crippen LogP contribution < -0.4 is 5.32 Å². The summed E-state index contributed by atoms with van der Waals surface area (Å²) in [5.41, 5.74) is 0. The number of carboxylic acid groups (broad SMARTS) is 1. The van der Waals surface area contributed by atoms with Crippen molar-refractivity contribution >= 4 is 11.9 Å². The zero-order chi connectivity index (χ0) is 10.7. The monoisotopic (exact) mass is 201 g/mol. The van der Waals surface area contributed by atoms with Crippen LogP contribution in [0.15, 0.2) is 0 Å². The third-order valence-corrected chi connectivity index (χ3v) is 2.50. The number of aliphatic hydroxyl groups excluding tert-OH is 1. The van der Waals surface area contributed by atoms with E-state index in [1.54, 1.807) is 0 Å². The number of carboxylic acids is 1. The van der Waals surface area contributed by atoms with E-state index in [1.165, 1.54) is 6.92 Å². The summed E-state index contributed by atoms with van der Waals surface area (Å²) in [5.74, 6) is -1.54. The van der Waals surface area contributed by atoms with E-state index in [2.05, 4.69) is 5.32 Å². The fourth-order valence-electron chi connectivity index (χ4n) is 1.59. The van der Waals surface area contributed by atoms with Gasteiger partial charge in [0.15, 0.2) is 0 Å². The van der Waals surface area contributed by atoms with Gasteiger partial charge in [0.05, 0.1) is 6.10 Å². The molecule has 0 heterocycles. The zero-order valence-corrected chi connectivity index (χ0v) is 8.06. The molecule has 0 spiro atoms. The molecule has 0 radical (unpaired) electrons. The van der Waals surface area contributed by atoms with Crippen LogP contribution in [0.2, 0.25) is 0 Å². The molecule has 0 unspecified atom stereocenters. The van der Waals surface area contributed by atoms with Crippen LogP contribution in [-0.2, 0) is 9.59 Å². The highest BCUT2D eigenvalue weighted by Crippen LogP contribution is 2.25. The number of hydrogen-bond acceptors (Lipinski definition) is 3. The number of carbonyl (C=O) groups excluding carboxylic acids is 1. The average molecular weight is 201 g/mol. The van der Waals surface area contributed by atoms with Gasteiger partial charge in [0.25, 0.3) is 0 Å². The molecule has 0 aromatic heterocycles. The molecule has 0 bridgehead atoms. The van der Waals surface area contributed by atoms with Crippen LogP contribution >= 0.6 is 0 Å². The number of carbonyl (C=O) groups is 2. The van der Waals surface area contributed by atoms with Crippen LogP contribution in [0.4, 0.5) is 0 Å². The minimum Gasteiger partial charge on any atom is -0.480 e. The quantitative estimate of drug-likeness (QED) is 0.587. The summed E-state index contributed by atoms with van der Waals surface area (Å²) >= 11 is 0. The Bertz CT molecular complexity index is 241.